The molecule has 1 aromatic carbocycles. The third kappa shape index (κ3) is 3.12. The maximum Gasteiger partial charge on any atom is 0.454 e. The van der Waals surface area contributed by atoms with E-state index in [1.54, 1.807) is 18.2 Å². The van der Waals surface area contributed by atoms with Crippen LogP contribution in [0.4, 0.5) is 13.2 Å². The first kappa shape index (κ1) is 11.3. The fourth-order valence-electron chi connectivity index (χ4n) is 0.937. The molecule has 0 unspecified atom stereocenters. The molecule has 0 radical (unpaired) electrons. The molecule has 0 atom stereocenters. The summed E-state index contributed by atoms with van der Waals surface area (Å²) in [7, 11) is 0. The maximum atomic E-state index is 11.9. The molecular weight excluding hydrogens is 207 g/mol. The van der Waals surface area contributed by atoms with Crippen molar-refractivity contribution in [3.05, 3.63) is 42.0 Å². The molecule has 0 fully saturated rings. The maximum absolute atomic E-state index is 11.9. The first-order chi connectivity index (χ1) is 6.91. The van der Waals surface area contributed by atoms with Crippen LogP contribution in [0.2, 0.25) is 0 Å². The summed E-state index contributed by atoms with van der Waals surface area (Å²) in [6.45, 7) is 0. The molecule has 80 valence electrons. The number of carbonyl (C=O) groups excluding carboxylic acids is 1. The minimum Gasteiger partial charge on any atom is -0.398 e. The van der Waals surface area contributed by atoms with Gasteiger partial charge in [-0.3, -0.25) is 4.79 Å². The smallest absolute Gasteiger partial charge is 0.398 e. The van der Waals surface area contributed by atoms with Gasteiger partial charge in [0.05, 0.1) is 0 Å². The van der Waals surface area contributed by atoms with E-state index in [0.29, 0.717) is 11.6 Å². The minimum atomic E-state index is -4.88. The topological polar surface area (TPSA) is 43.1 Å². The van der Waals surface area contributed by atoms with Crippen molar-refractivity contribution in [3.8, 4) is 0 Å². The van der Waals surface area contributed by atoms with Crippen molar-refractivity contribution >= 4 is 11.5 Å². The Morgan fingerprint density at radius 1 is 1.20 bits per heavy atom. The number of hydrogen-bond donors (Lipinski definition) is 1. The molecule has 0 aliphatic heterocycles. The predicted octanol–water partition coefficient (Wildman–Crippen LogP) is 2.12. The van der Waals surface area contributed by atoms with E-state index in [4.69, 9.17) is 5.73 Å². The summed E-state index contributed by atoms with van der Waals surface area (Å²) in [5, 5.41) is 0. The second-order valence-corrected chi connectivity index (χ2v) is 2.83. The third-order valence-corrected chi connectivity index (χ3v) is 1.67. The Labute approximate surface area is 84.2 Å². The Balaban J connectivity index is 2.91. The van der Waals surface area contributed by atoms with Crippen LogP contribution in [0.5, 0.6) is 0 Å². The summed E-state index contributed by atoms with van der Waals surface area (Å²) >= 11 is 0. The molecular formula is C10H8F3NO. The van der Waals surface area contributed by atoms with Gasteiger partial charge in [0, 0.05) is 11.8 Å². The van der Waals surface area contributed by atoms with Gasteiger partial charge in [-0.2, -0.15) is 13.2 Å². The molecule has 0 bridgehead atoms. The predicted molar refractivity (Wildman–Crippen MR) is 49.7 cm³/mol. The molecule has 0 saturated heterocycles. The summed E-state index contributed by atoms with van der Waals surface area (Å²) in [6, 6.07) is 7.98. The van der Waals surface area contributed by atoms with E-state index in [9.17, 15) is 18.0 Å². The highest BCUT2D eigenvalue weighted by Gasteiger charge is 2.36. The average Bonchev–Trinajstić information content (AvgIpc) is 2.17. The lowest BCUT2D eigenvalue weighted by atomic mass is 10.1. The number of benzene rings is 1. The lowest BCUT2D eigenvalue weighted by molar-refractivity contribution is -0.165. The molecule has 0 aromatic heterocycles. The molecule has 0 saturated carbocycles. The van der Waals surface area contributed by atoms with Crippen molar-refractivity contribution in [3.63, 3.8) is 0 Å². The van der Waals surface area contributed by atoms with Crippen LogP contribution in [0.15, 0.2) is 36.4 Å². The molecule has 0 heterocycles. The molecule has 2 nitrogen and oxygen atoms in total. The molecule has 2 N–H and O–H groups in total. The van der Waals surface area contributed by atoms with E-state index in [0.717, 1.165) is 0 Å². The van der Waals surface area contributed by atoms with Gasteiger partial charge in [0.25, 0.3) is 5.78 Å². The number of carbonyl (C=O) groups is 1. The highest BCUT2D eigenvalue weighted by atomic mass is 19.4. The van der Waals surface area contributed by atoms with E-state index >= 15 is 0 Å². The van der Waals surface area contributed by atoms with E-state index in [1.165, 1.54) is 12.1 Å². The van der Waals surface area contributed by atoms with Gasteiger partial charge in [-0.05, 0) is 5.56 Å². The lowest BCUT2D eigenvalue weighted by Gasteiger charge is -2.03. The largest absolute Gasteiger partial charge is 0.454 e. The zero-order valence-corrected chi connectivity index (χ0v) is 7.58. The lowest BCUT2D eigenvalue weighted by Crippen LogP contribution is -2.21. The summed E-state index contributed by atoms with van der Waals surface area (Å²) in [5.74, 6) is -1.95. The Morgan fingerprint density at radius 3 is 2.20 bits per heavy atom. The molecule has 1 rings (SSSR count). The quantitative estimate of drug-likeness (QED) is 0.768. The summed E-state index contributed by atoms with van der Waals surface area (Å²) in [4.78, 5) is 10.6. The number of rotatable bonds is 2. The normalized spacial score (nSPS) is 12.6. The fraction of sp³-hybridized carbons (Fsp3) is 0.100. The first-order valence-electron chi connectivity index (χ1n) is 4.05. The number of nitrogens with two attached hydrogens (primary N) is 1. The third-order valence-electron chi connectivity index (χ3n) is 1.67. The Hall–Kier alpha value is -1.78. The van der Waals surface area contributed by atoms with Crippen LogP contribution in [0.25, 0.3) is 5.70 Å². The van der Waals surface area contributed by atoms with Gasteiger partial charge in [-0.1, -0.05) is 30.3 Å². The Morgan fingerprint density at radius 2 is 1.73 bits per heavy atom. The Bertz CT molecular complexity index is 381. The van der Waals surface area contributed by atoms with Crippen molar-refractivity contribution in [2.45, 2.75) is 6.18 Å². The van der Waals surface area contributed by atoms with Crippen LogP contribution in [0, 0.1) is 0 Å². The van der Waals surface area contributed by atoms with Crippen LogP contribution in [0.1, 0.15) is 5.56 Å². The second-order valence-electron chi connectivity index (χ2n) is 2.83. The van der Waals surface area contributed by atoms with E-state index in [-0.39, 0.29) is 5.70 Å². The van der Waals surface area contributed by atoms with Crippen LogP contribution >= 0.6 is 0 Å². The summed E-state index contributed by atoms with van der Waals surface area (Å²) < 4.78 is 35.6. The molecule has 0 aliphatic carbocycles. The summed E-state index contributed by atoms with van der Waals surface area (Å²) in [5.41, 5.74) is 5.52. The van der Waals surface area contributed by atoms with Crippen molar-refractivity contribution in [1.82, 2.24) is 0 Å². The molecule has 5 heteroatoms. The number of halogens is 3. The monoisotopic (exact) mass is 215 g/mol. The average molecular weight is 215 g/mol. The van der Waals surface area contributed by atoms with Gasteiger partial charge < -0.3 is 5.73 Å². The zero-order chi connectivity index (χ0) is 11.5. The molecule has 1 aromatic rings. The zero-order valence-electron chi connectivity index (χ0n) is 7.58. The minimum absolute atomic E-state index is 0.196. The van der Waals surface area contributed by atoms with E-state index < -0.39 is 12.0 Å². The van der Waals surface area contributed by atoms with Crippen LogP contribution in [0.3, 0.4) is 0 Å². The van der Waals surface area contributed by atoms with Gasteiger partial charge in [0.2, 0.25) is 0 Å². The van der Waals surface area contributed by atoms with Crippen molar-refractivity contribution < 1.29 is 18.0 Å². The number of allylic oxidation sites excluding steroid dienone is 1. The van der Waals surface area contributed by atoms with Gasteiger partial charge in [-0.25, -0.2) is 0 Å². The van der Waals surface area contributed by atoms with E-state index in [2.05, 4.69) is 0 Å². The van der Waals surface area contributed by atoms with Gasteiger partial charge in [-0.15, -0.1) is 0 Å². The highest BCUT2D eigenvalue weighted by Crippen LogP contribution is 2.18. The molecule has 15 heavy (non-hydrogen) atoms. The SMILES string of the molecule is N/C(=C\C(=O)C(F)(F)F)c1ccccc1. The molecule has 0 spiro atoms. The fourth-order valence-corrected chi connectivity index (χ4v) is 0.937. The van der Waals surface area contributed by atoms with Crippen LogP contribution < -0.4 is 5.73 Å². The van der Waals surface area contributed by atoms with Crippen molar-refractivity contribution in [2.24, 2.45) is 5.73 Å². The highest BCUT2D eigenvalue weighted by molar-refractivity contribution is 5.99. The van der Waals surface area contributed by atoms with E-state index in [1.807, 2.05) is 0 Å². The first-order valence-corrected chi connectivity index (χ1v) is 4.05. The number of hydrogen-bond acceptors (Lipinski definition) is 2. The van der Waals surface area contributed by atoms with Gasteiger partial charge in [0.1, 0.15) is 0 Å². The molecule has 0 aliphatic rings. The van der Waals surface area contributed by atoms with Crippen LogP contribution in [-0.4, -0.2) is 12.0 Å². The standard InChI is InChI=1S/C10H8F3NO/c11-10(12,13)9(15)6-8(14)7-4-2-1-3-5-7/h1-6H,14H2/b8-6-. The van der Waals surface area contributed by atoms with Crippen LogP contribution in [-0.2, 0) is 4.79 Å². The number of ketones is 1. The van der Waals surface area contributed by atoms with Gasteiger partial charge in [0.15, 0.2) is 0 Å². The molecule has 0 amide bonds. The Kier molecular flexibility index (Phi) is 3.14. The van der Waals surface area contributed by atoms with Crippen molar-refractivity contribution in [1.29, 1.82) is 0 Å². The second kappa shape index (κ2) is 4.16. The number of alkyl halides is 3. The van der Waals surface area contributed by atoms with Crippen molar-refractivity contribution in [2.75, 3.05) is 0 Å². The summed E-state index contributed by atoms with van der Waals surface area (Å²) in [6.07, 6.45) is -4.49. The van der Waals surface area contributed by atoms with Gasteiger partial charge >= 0.3 is 6.18 Å².